The summed E-state index contributed by atoms with van der Waals surface area (Å²) in [6.07, 6.45) is 3.31. The van der Waals surface area contributed by atoms with E-state index in [1.54, 1.807) is 0 Å². The lowest BCUT2D eigenvalue weighted by molar-refractivity contribution is 1.12. The first kappa shape index (κ1) is 10.4. The van der Waals surface area contributed by atoms with Crippen LogP contribution in [0.25, 0.3) is 0 Å². The van der Waals surface area contributed by atoms with Crippen LogP contribution in [-0.4, -0.2) is 23.0 Å². The van der Waals surface area contributed by atoms with Crippen LogP contribution in [0.4, 0.5) is 0 Å². The number of rotatable bonds is 7. The Morgan fingerprint density at radius 2 is 2.00 bits per heavy atom. The minimum atomic E-state index is 1.11. The molecule has 0 amide bonds. The molecule has 0 aromatic carbocycles. The molecular formula is C8H16S2. The normalized spacial score (nSPS) is 9.70. The lowest BCUT2D eigenvalue weighted by Gasteiger charge is -1.96. The molecule has 0 aliphatic heterocycles. The average Bonchev–Trinajstić information content (AvgIpc) is 1.97. The fourth-order valence-corrected chi connectivity index (χ4v) is 2.08. The quantitative estimate of drug-likeness (QED) is 0.432. The van der Waals surface area contributed by atoms with Crippen LogP contribution in [0.3, 0.4) is 0 Å². The predicted octanol–water partition coefficient (Wildman–Crippen LogP) is 3.05. The maximum Gasteiger partial charge on any atom is 0.0110 e. The summed E-state index contributed by atoms with van der Waals surface area (Å²) in [6.45, 7) is 5.88. The van der Waals surface area contributed by atoms with Crippen LogP contribution in [-0.2, 0) is 0 Å². The molecule has 0 saturated heterocycles. The van der Waals surface area contributed by atoms with Gasteiger partial charge in [-0.15, -0.1) is 6.58 Å². The van der Waals surface area contributed by atoms with Gasteiger partial charge in [-0.05, 0) is 23.7 Å². The van der Waals surface area contributed by atoms with Crippen LogP contribution in [0.5, 0.6) is 0 Å². The van der Waals surface area contributed by atoms with Gasteiger partial charge in [0.2, 0.25) is 0 Å². The predicted molar refractivity (Wildman–Crippen MR) is 55.1 cm³/mol. The Kier molecular flexibility index (Phi) is 9.86. The van der Waals surface area contributed by atoms with Gasteiger partial charge in [0.25, 0.3) is 0 Å². The minimum absolute atomic E-state index is 1.11. The first-order chi connectivity index (χ1) is 4.91. The molecule has 0 unspecified atom stereocenters. The van der Waals surface area contributed by atoms with E-state index in [9.17, 15) is 0 Å². The van der Waals surface area contributed by atoms with E-state index in [0.29, 0.717) is 0 Å². The fourth-order valence-electron chi connectivity index (χ4n) is 0.574. The van der Waals surface area contributed by atoms with Crippen molar-refractivity contribution in [1.82, 2.24) is 0 Å². The van der Waals surface area contributed by atoms with Crippen molar-refractivity contribution >= 4 is 23.5 Å². The van der Waals surface area contributed by atoms with E-state index in [-0.39, 0.29) is 0 Å². The number of hydrogen-bond donors (Lipinski definition) is 0. The zero-order valence-corrected chi connectivity index (χ0v) is 8.27. The largest absolute Gasteiger partial charge is 0.162 e. The van der Waals surface area contributed by atoms with Gasteiger partial charge >= 0.3 is 0 Å². The minimum Gasteiger partial charge on any atom is -0.162 e. The Balaban J connectivity index is 2.70. The van der Waals surface area contributed by atoms with Gasteiger partial charge < -0.3 is 0 Å². The molecular weight excluding hydrogens is 160 g/mol. The zero-order valence-electron chi connectivity index (χ0n) is 6.64. The maximum atomic E-state index is 3.67. The molecule has 0 fully saturated rings. The second-order valence-corrected chi connectivity index (χ2v) is 4.46. The summed E-state index contributed by atoms with van der Waals surface area (Å²) >= 11 is 4.00. The second-order valence-electron chi connectivity index (χ2n) is 1.91. The second kappa shape index (κ2) is 9.44. The van der Waals surface area contributed by atoms with E-state index in [1.807, 2.05) is 29.6 Å². The molecule has 0 saturated carbocycles. The van der Waals surface area contributed by atoms with Crippen molar-refractivity contribution in [3.05, 3.63) is 12.7 Å². The Morgan fingerprint density at radius 1 is 1.30 bits per heavy atom. The van der Waals surface area contributed by atoms with E-state index in [4.69, 9.17) is 0 Å². The van der Waals surface area contributed by atoms with Crippen LogP contribution in [0.2, 0.25) is 0 Å². The molecule has 60 valence electrons. The highest BCUT2D eigenvalue weighted by atomic mass is 32.2. The molecule has 10 heavy (non-hydrogen) atoms. The first-order valence-electron chi connectivity index (χ1n) is 3.68. The zero-order chi connectivity index (χ0) is 7.66. The molecule has 0 rings (SSSR count). The molecule has 0 aliphatic rings. The summed E-state index contributed by atoms with van der Waals surface area (Å²) < 4.78 is 0. The van der Waals surface area contributed by atoms with Crippen molar-refractivity contribution in [3.63, 3.8) is 0 Å². The van der Waals surface area contributed by atoms with Gasteiger partial charge in [-0.1, -0.05) is 13.0 Å². The lowest BCUT2D eigenvalue weighted by atomic mass is 10.6. The molecule has 0 radical (unpaired) electrons. The smallest absolute Gasteiger partial charge is 0.0110 e. The number of hydrogen-bond acceptors (Lipinski definition) is 2. The summed E-state index contributed by atoms with van der Waals surface area (Å²) in [4.78, 5) is 0. The molecule has 2 heteroatoms. The van der Waals surface area contributed by atoms with Crippen LogP contribution in [0.1, 0.15) is 13.3 Å². The van der Waals surface area contributed by atoms with Crippen LogP contribution in [0.15, 0.2) is 12.7 Å². The molecule has 0 nitrogen and oxygen atoms in total. The third-order valence-electron chi connectivity index (χ3n) is 1.02. The lowest BCUT2D eigenvalue weighted by Crippen LogP contribution is -1.84. The molecule has 0 aromatic rings. The van der Waals surface area contributed by atoms with Gasteiger partial charge in [0.15, 0.2) is 0 Å². The highest BCUT2D eigenvalue weighted by molar-refractivity contribution is 8.00. The van der Waals surface area contributed by atoms with E-state index in [2.05, 4.69) is 13.5 Å². The van der Waals surface area contributed by atoms with Gasteiger partial charge in [0.05, 0.1) is 0 Å². The van der Waals surface area contributed by atoms with Gasteiger partial charge in [-0.3, -0.25) is 0 Å². The average molecular weight is 176 g/mol. The molecule has 0 aliphatic carbocycles. The van der Waals surface area contributed by atoms with Gasteiger partial charge in [-0.25, -0.2) is 0 Å². The van der Waals surface area contributed by atoms with Crippen molar-refractivity contribution < 1.29 is 0 Å². The Labute approximate surface area is 72.9 Å². The summed E-state index contributed by atoms with van der Waals surface area (Å²) in [5, 5.41) is 0. The van der Waals surface area contributed by atoms with Crippen LogP contribution in [0, 0.1) is 0 Å². The van der Waals surface area contributed by atoms with E-state index >= 15 is 0 Å². The number of thioether (sulfide) groups is 2. The third kappa shape index (κ3) is 8.44. The first-order valence-corrected chi connectivity index (χ1v) is 5.99. The Morgan fingerprint density at radius 3 is 2.60 bits per heavy atom. The van der Waals surface area contributed by atoms with Crippen molar-refractivity contribution in [2.45, 2.75) is 13.3 Å². The van der Waals surface area contributed by atoms with E-state index in [0.717, 1.165) is 5.75 Å². The van der Waals surface area contributed by atoms with Gasteiger partial charge in [0, 0.05) is 5.75 Å². The fraction of sp³-hybridized carbons (Fsp3) is 0.750. The molecule has 0 spiro atoms. The summed E-state index contributed by atoms with van der Waals surface area (Å²) in [5.74, 6) is 4.97. The summed E-state index contributed by atoms with van der Waals surface area (Å²) in [6, 6.07) is 0. The van der Waals surface area contributed by atoms with E-state index in [1.165, 1.54) is 23.7 Å². The van der Waals surface area contributed by atoms with Crippen molar-refractivity contribution in [1.29, 1.82) is 0 Å². The maximum absolute atomic E-state index is 3.67. The molecule has 0 aromatic heterocycles. The van der Waals surface area contributed by atoms with Gasteiger partial charge in [-0.2, -0.15) is 23.5 Å². The summed E-state index contributed by atoms with van der Waals surface area (Å²) in [7, 11) is 0. The molecule has 0 heterocycles. The molecule has 0 bridgehead atoms. The topological polar surface area (TPSA) is 0 Å². The van der Waals surface area contributed by atoms with Crippen LogP contribution >= 0.6 is 23.5 Å². The SMILES string of the molecule is C=CCSCCCSCC. The standard InChI is InChI=1S/C8H16S2/c1-3-6-10-8-5-7-9-4-2/h3H,1,4-8H2,2H3. The van der Waals surface area contributed by atoms with Crippen molar-refractivity contribution in [2.75, 3.05) is 23.0 Å². The van der Waals surface area contributed by atoms with Gasteiger partial charge in [0.1, 0.15) is 0 Å². The van der Waals surface area contributed by atoms with Crippen molar-refractivity contribution in [2.24, 2.45) is 0 Å². The van der Waals surface area contributed by atoms with E-state index < -0.39 is 0 Å². The highest BCUT2D eigenvalue weighted by Crippen LogP contribution is 2.06. The third-order valence-corrected chi connectivity index (χ3v) is 3.05. The van der Waals surface area contributed by atoms with Crippen LogP contribution < -0.4 is 0 Å². The Bertz CT molecular complexity index is 71.7. The molecule has 0 atom stereocenters. The van der Waals surface area contributed by atoms with Crippen molar-refractivity contribution in [3.8, 4) is 0 Å². The molecule has 0 N–H and O–H groups in total. The highest BCUT2D eigenvalue weighted by Gasteiger charge is 1.86. The Hall–Kier alpha value is 0.440. The monoisotopic (exact) mass is 176 g/mol. The summed E-state index contributed by atoms with van der Waals surface area (Å²) in [5.41, 5.74) is 0.